The van der Waals surface area contributed by atoms with Gasteiger partial charge in [0.25, 0.3) is 0 Å². The van der Waals surface area contributed by atoms with E-state index in [0.717, 1.165) is 31.5 Å². The summed E-state index contributed by atoms with van der Waals surface area (Å²) in [5, 5.41) is 17.5. The third-order valence-electron chi connectivity index (χ3n) is 4.91. The van der Waals surface area contributed by atoms with Crippen molar-refractivity contribution >= 4 is 12.0 Å². The number of aromatic nitrogens is 3. The number of rotatable bonds is 1. The number of fused-ring (bicyclic) bond motifs is 1. The van der Waals surface area contributed by atoms with Gasteiger partial charge in [0.1, 0.15) is 5.82 Å². The molecule has 2 heterocycles. The lowest BCUT2D eigenvalue weighted by atomic mass is 9.71. The van der Waals surface area contributed by atoms with E-state index in [4.69, 9.17) is 0 Å². The first-order chi connectivity index (χ1) is 9.98. The zero-order chi connectivity index (χ0) is 15.0. The maximum absolute atomic E-state index is 12.3. The number of carbonyl (C=O) groups is 1. The number of nitrogens with one attached hydrogen (secondary N) is 1. The van der Waals surface area contributed by atoms with Crippen molar-refractivity contribution in [3.63, 3.8) is 0 Å². The van der Waals surface area contributed by atoms with Crippen LogP contribution in [0.25, 0.3) is 0 Å². The summed E-state index contributed by atoms with van der Waals surface area (Å²) in [6, 6.07) is -0.173. The van der Waals surface area contributed by atoms with Gasteiger partial charge < -0.3 is 10.0 Å². The minimum Gasteiger partial charge on any atom is -0.389 e. The highest BCUT2D eigenvalue weighted by Crippen LogP contribution is 2.39. The number of aryl methyl sites for hydroxylation is 2. The summed E-state index contributed by atoms with van der Waals surface area (Å²) in [4.78, 5) is 18.3. The molecule has 2 N–H and O–H groups in total. The number of nitrogens with zero attached hydrogens (tertiary/aromatic N) is 4. The number of amides is 2. The highest BCUT2D eigenvalue weighted by molar-refractivity contribution is 5.87. The number of urea groups is 1. The van der Waals surface area contributed by atoms with E-state index in [1.807, 2.05) is 6.92 Å². The summed E-state index contributed by atoms with van der Waals surface area (Å²) < 4.78 is 1.63. The molecule has 2 aliphatic rings. The van der Waals surface area contributed by atoms with E-state index >= 15 is 0 Å². The molecule has 0 radical (unpaired) electrons. The maximum Gasteiger partial charge on any atom is 0.324 e. The van der Waals surface area contributed by atoms with E-state index in [2.05, 4.69) is 15.4 Å². The summed E-state index contributed by atoms with van der Waals surface area (Å²) in [5.74, 6) is 1.29. The van der Waals surface area contributed by atoms with Crippen LogP contribution in [0.4, 0.5) is 10.7 Å². The Morgan fingerprint density at radius 1 is 1.43 bits per heavy atom. The van der Waals surface area contributed by atoms with E-state index in [-0.39, 0.29) is 11.9 Å². The molecule has 0 bridgehead atoms. The van der Waals surface area contributed by atoms with Gasteiger partial charge in [-0.15, -0.1) is 5.10 Å². The fourth-order valence-electron chi connectivity index (χ4n) is 3.45. The summed E-state index contributed by atoms with van der Waals surface area (Å²) in [7, 11) is 1.79. The fourth-order valence-corrected chi connectivity index (χ4v) is 3.45. The first-order valence-corrected chi connectivity index (χ1v) is 7.64. The second-order valence-corrected chi connectivity index (χ2v) is 6.28. The van der Waals surface area contributed by atoms with Crippen LogP contribution in [0.15, 0.2) is 0 Å². The molecule has 1 saturated carbocycles. The van der Waals surface area contributed by atoms with Crippen LogP contribution in [0.1, 0.15) is 37.9 Å². The summed E-state index contributed by atoms with van der Waals surface area (Å²) in [6.45, 7) is 3.05. The fraction of sp³-hybridized carbons (Fsp3) is 0.786. The van der Waals surface area contributed by atoms with Gasteiger partial charge in [-0.05, 0) is 26.2 Å². The molecular formula is C14H23N5O2. The van der Waals surface area contributed by atoms with Crippen molar-refractivity contribution in [3.05, 3.63) is 5.82 Å². The maximum atomic E-state index is 12.3. The van der Waals surface area contributed by atoms with Crippen molar-refractivity contribution in [1.82, 2.24) is 19.7 Å². The van der Waals surface area contributed by atoms with E-state index in [1.54, 1.807) is 16.6 Å². The number of anilines is 1. The minimum absolute atomic E-state index is 0.173. The lowest BCUT2D eigenvalue weighted by molar-refractivity contribution is -0.0863. The first kappa shape index (κ1) is 14.3. The molecule has 116 valence electrons. The van der Waals surface area contributed by atoms with Gasteiger partial charge in [0, 0.05) is 26.1 Å². The van der Waals surface area contributed by atoms with Crippen LogP contribution in [0.2, 0.25) is 0 Å². The molecule has 0 aromatic carbocycles. The molecular weight excluding hydrogens is 270 g/mol. The van der Waals surface area contributed by atoms with E-state index < -0.39 is 5.60 Å². The van der Waals surface area contributed by atoms with Gasteiger partial charge in [0.2, 0.25) is 5.95 Å². The van der Waals surface area contributed by atoms with Crippen LogP contribution >= 0.6 is 0 Å². The number of aliphatic hydroxyl groups is 1. The molecule has 7 nitrogen and oxygen atoms in total. The standard InChI is InChI=1S/C14H23N5O2/c1-10-15-12(17-18(10)2)16-13(20)19-8-7-14(21)6-4-3-5-11(14)9-19/h11,21H,3-9H2,1-2H3,(H,16,17,20)/t11-,14-/m0/s1. The Labute approximate surface area is 124 Å². The van der Waals surface area contributed by atoms with Gasteiger partial charge >= 0.3 is 6.03 Å². The third kappa shape index (κ3) is 2.74. The summed E-state index contributed by atoms with van der Waals surface area (Å²) >= 11 is 0. The molecule has 3 rings (SSSR count). The molecule has 1 aromatic heterocycles. The molecule has 0 spiro atoms. The third-order valence-corrected chi connectivity index (χ3v) is 4.91. The average molecular weight is 293 g/mol. The second kappa shape index (κ2) is 5.29. The molecule has 1 saturated heterocycles. The SMILES string of the molecule is Cc1nc(NC(=O)N2CC[C@@]3(O)CCCC[C@H]3C2)nn1C. The second-order valence-electron chi connectivity index (χ2n) is 6.28. The van der Waals surface area contributed by atoms with Crippen LogP contribution in [-0.4, -0.2) is 49.5 Å². The topological polar surface area (TPSA) is 83.3 Å². The van der Waals surface area contributed by atoms with E-state index in [1.165, 1.54) is 0 Å². The molecule has 2 atom stereocenters. The van der Waals surface area contributed by atoms with Gasteiger partial charge in [0.15, 0.2) is 0 Å². The highest BCUT2D eigenvalue weighted by Gasteiger charge is 2.43. The van der Waals surface area contributed by atoms with Crippen molar-refractivity contribution in [2.75, 3.05) is 18.4 Å². The van der Waals surface area contributed by atoms with Crippen molar-refractivity contribution in [2.24, 2.45) is 13.0 Å². The predicted octanol–water partition coefficient (Wildman–Crippen LogP) is 1.28. The van der Waals surface area contributed by atoms with E-state index in [9.17, 15) is 9.90 Å². The van der Waals surface area contributed by atoms with Gasteiger partial charge in [-0.25, -0.2) is 4.79 Å². The molecule has 2 amide bonds. The first-order valence-electron chi connectivity index (χ1n) is 7.64. The number of hydrogen-bond donors (Lipinski definition) is 2. The molecule has 0 unspecified atom stereocenters. The smallest absolute Gasteiger partial charge is 0.324 e. The number of piperidine rings is 1. The lowest BCUT2D eigenvalue weighted by Crippen LogP contribution is -2.55. The van der Waals surface area contributed by atoms with Crippen LogP contribution < -0.4 is 5.32 Å². The zero-order valence-corrected chi connectivity index (χ0v) is 12.7. The van der Waals surface area contributed by atoms with Crippen LogP contribution in [0.5, 0.6) is 0 Å². The Hall–Kier alpha value is -1.63. The molecule has 1 aliphatic carbocycles. The molecule has 2 fully saturated rings. The number of carbonyl (C=O) groups excluding carboxylic acids is 1. The minimum atomic E-state index is -0.561. The molecule has 1 aliphatic heterocycles. The largest absolute Gasteiger partial charge is 0.389 e. The van der Waals surface area contributed by atoms with Gasteiger partial charge in [-0.3, -0.25) is 10.00 Å². The summed E-state index contributed by atoms with van der Waals surface area (Å²) in [6.07, 6.45) is 4.77. The van der Waals surface area contributed by atoms with Gasteiger partial charge in [-0.2, -0.15) is 4.98 Å². The van der Waals surface area contributed by atoms with Crippen molar-refractivity contribution in [1.29, 1.82) is 0 Å². The van der Waals surface area contributed by atoms with Crippen molar-refractivity contribution in [2.45, 2.75) is 44.6 Å². The van der Waals surface area contributed by atoms with Crippen LogP contribution in [0.3, 0.4) is 0 Å². The van der Waals surface area contributed by atoms with Crippen molar-refractivity contribution < 1.29 is 9.90 Å². The zero-order valence-electron chi connectivity index (χ0n) is 12.7. The van der Waals surface area contributed by atoms with Gasteiger partial charge in [-0.1, -0.05) is 12.8 Å². The lowest BCUT2D eigenvalue weighted by Gasteiger charge is -2.47. The Balaban J connectivity index is 1.63. The van der Waals surface area contributed by atoms with Crippen LogP contribution in [-0.2, 0) is 7.05 Å². The Bertz CT molecular complexity index is 524. The monoisotopic (exact) mass is 293 g/mol. The van der Waals surface area contributed by atoms with Crippen LogP contribution in [0, 0.1) is 12.8 Å². The predicted molar refractivity (Wildman–Crippen MR) is 77.9 cm³/mol. The van der Waals surface area contributed by atoms with Crippen molar-refractivity contribution in [3.8, 4) is 0 Å². The summed E-state index contributed by atoms with van der Waals surface area (Å²) in [5.41, 5.74) is -0.561. The molecule has 1 aromatic rings. The Morgan fingerprint density at radius 2 is 2.24 bits per heavy atom. The highest BCUT2D eigenvalue weighted by atomic mass is 16.3. The normalized spacial score (nSPS) is 29.1. The van der Waals surface area contributed by atoms with Gasteiger partial charge in [0.05, 0.1) is 5.60 Å². The molecule has 7 heteroatoms. The number of likely N-dealkylation sites (tertiary alicyclic amines) is 1. The molecule has 21 heavy (non-hydrogen) atoms. The Morgan fingerprint density at radius 3 is 2.95 bits per heavy atom. The number of hydrogen-bond acceptors (Lipinski definition) is 4. The Kier molecular flexibility index (Phi) is 3.61. The quantitative estimate of drug-likeness (QED) is 0.817. The average Bonchev–Trinajstić information content (AvgIpc) is 2.76. The van der Waals surface area contributed by atoms with E-state index in [0.29, 0.717) is 25.5 Å².